The van der Waals surface area contributed by atoms with Gasteiger partial charge in [0, 0.05) is 17.1 Å². The summed E-state index contributed by atoms with van der Waals surface area (Å²) in [5.41, 5.74) is 2.96. The molecule has 0 saturated heterocycles. The third-order valence-electron chi connectivity index (χ3n) is 3.43. The summed E-state index contributed by atoms with van der Waals surface area (Å²) in [5, 5.41) is 3.88. The van der Waals surface area contributed by atoms with Crippen LogP contribution in [0.25, 0.3) is 0 Å². The van der Waals surface area contributed by atoms with Gasteiger partial charge in [-0.15, -0.1) is 0 Å². The first-order valence-corrected chi connectivity index (χ1v) is 7.04. The summed E-state index contributed by atoms with van der Waals surface area (Å²) in [4.78, 5) is 0. The monoisotopic (exact) mass is 291 g/mol. The standard InChI is InChI=1S/C16H15ClFNO/c17-14-7-6-13(18)9-12(14)10-20-15-5-1-3-11-4-2-8-19-16(11)15/h1,3,5-7,9,19H,2,4,8,10H2. The third kappa shape index (κ3) is 2.73. The highest BCUT2D eigenvalue weighted by atomic mass is 35.5. The van der Waals surface area contributed by atoms with Crippen molar-refractivity contribution in [2.45, 2.75) is 19.4 Å². The lowest BCUT2D eigenvalue weighted by Gasteiger charge is -2.21. The lowest BCUT2D eigenvalue weighted by atomic mass is 10.0. The van der Waals surface area contributed by atoms with Crippen molar-refractivity contribution in [3.05, 3.63) is 58.4 Å². The number of hydrogen-bond acceptors (Lipinski definition) is 2. The number of aryl methyl sites for hydroxylation is 1. The van der Waals surface area contributed by atoms with Gasteiger partial charge in [0.1, 0.15) is 18.2 Å². The number of ether oxygens (including phenoxy) is 1. The molecule has 4 heteroatoms. The summed E-state index contributed by atoms with van der Waals surface area (Å²) in [6.45, 7) is 1.21. The van der Waals surface area contributed by atoms with Crippen LogP contribution in [0.15, 0.2) is 36.4 Å². The summed E-state index contributed by atoms with van der Waals surface area (Å²) >= 11 is 6.04. The van der Waals surface area contributed by atoms with E-state index in [4.69, 9.17) is 16.3 Å². The first kappa shape index (κ1) is 13.3. The molecule has 2 nitrogen and oxygen atoms in total. The Kier molecular flexibility index (Phi) is 3.79. The molecule has 1 aliphatic heterocycles. The number of halogens is 2. The van der Waals surface area contributed by atoms with Crippen molar-refractivity contribution in [3.8, 4) is 5.75 Å². The van der Waals surface area contributed by atoms with Crippen molar-refractivity contribution < 1.29 is 9.13 Å². The molecule has 0 aliphatic carbocycles. The molecule has 2 aromatic carbocycles. The fourth-order valence-corrected chi connectivity index (χ4v) is 2.58. The number of para-hydroxylation sites is 1. The number of benzene rings is 2. The molecule has 20 heavy (non-hydrogen) atoms. The fraction of sp³-hybridized carbons (Fsp3) is 0.250. The van der Waals surface area contributed by atoms with E-state index in [0.29, 0.717) is 10.6 Å². The molecule has 1 N–H and O–H groups in total. The maximum Gasteiger partial charge on any atom is 0.143 e. The molecular weight excluding hydrogens is 277 g/mol. The van der Waals surface area contributed by atoms with Crippen LogP contribution in [0.3, 0.4) is 0 Å². The molecule has 1 heterocycles. The number of hydrogen-bond donors (Lipinski definition) is 1. The second kappa shape index (κ2) is 5.71. The quantitative estimate of drug-likeness (QED) is 0.904. The molecule has 0 radical (unpaired) electrons. The van der Waals surface area contributed by atoms with Crippen molar-refractivity contribution in [1.82, 2.24) is 0 Å². The van der Waals surface area contributed by atoms with E-state index in [1.54, 1.807) is 6.07 Å². The largest absolute Gasteiger partial charge is 0.487 e. The van der Waals surface area contributed by atoms with Crippen LogP contribution in [0, 0.1) is 5.82 Å². The van der Waals surface area contributed by atoms with E-state index in [1.807, 2.05) is 12.1 Å². The Labute approximate surface area is 122 Å². The highest BCUT2D eigenvalue weighted by Gasteiger charge is 2.13. The van der Waals surface area contributed by atoms with Crippen LogP contribution in [-0.4, -0.2) is 6.54 Å². The van der Waals surface area contributed by atoms with Gasteiger partial charge < -0.3 is 10.1 Å². The van der Waals surface area contributed by atoms with Crippen LogP contribution >= 0.6 is 11.6 Å². The van der Waals surface area contributed by atoms with Gasteiger partial charge in [-0.3, -0.25) is 0 Å². The van der Waals surface area contributed by atoms with Crippen LogP contribution < -0.4 is 10.1 Å². The van der Waals surface area contributed by atoms with Crippen LogP contribution in [0.1, 0.15) is 17.5 Å². The maximum absolute atomic E-state index is 13.2. The topological polar surface area (TPSA) is 21.3 Å². The van der Waals surface area contributed by atoms with Crippen LogP contribution in [0.4, 0.5) is 10.1 Å². The van der Waals surface area contributed by atoms with Gasteiger partial charge in [-0.2, -0.15) is 0 Å². The summed E-state index contributed by atoms with van der Waals surface area (Å²) in [7, 11) is 0. The third-order valence-corrected chi connectivity index (χ3v) is 3.80. The van der Waals surface area contributed by atoms with Crippen LogP contribution in [-0.2, 0) is 13.0 Å². The van der Waals surface area contributed by atoms with E-state index in [1.165, 1.54) is 17.7 Å². The van der Waals surface area contributed by atoms with Gasteiger partial charge in [-0.05, 0) is 42.7 Å². The highest BCUT2D eigenvalue weighted by molar-refractivity contribution is 6.31. The highest BCUT2D eigenvalue weighted by Crippen LogP contribution is 2.33. The number of rotatable bonds is 3. The first-order valence-electron chi connectivity index (χ1n) is 6.66. The summed E-state index contributed by atoms with van der Waals surface area (Å²) in [6, 6.07) is 10.3. The van der Waals surface area contributed by atoms with E-state index < -0.39 is 0 Å². The first-order chi connectivity index (χ1) is 9.74. The van der Waals surface area contributed by atoms with Crippen molar-refractivity contribution in [1.29, 1.82) is 0 Å². The van der Waals surface area contributed by atoms with Crippen LogP contribution in [0.2, 0.25) is 5.02 Å². The Morgan fingerprint density at radius 2 is 2.15 bits per heavy atom. The molecule has 0 saturated carbocycles. The summed E-state index contributed by atoms with van der Waals surface area (Å²) < 4.78 is 19.0. The Morgan fingerprint density at radius 1 is 1.25 bits per heavy atom. The van der Waals surface area contributed by atoms with Gasteiger partial charge in [0.05, 0.1) is 5.69 Å². The van der Waals surface area contributed by atoms with E-state index in [-0.39, 0.29) is 12.4 Å². The zero-order valence-electron chi connectivity index (χ0n) is 11.0. The van der Waals surface area contributed by atoms with E-state index in [2.05, 4.69) is 11.4 Å². The Morgan fingerprint density at radius 3 is 3.05 bits per heavy atom. The van der Waals surface area contributed by atoms with E-state index in [0.717, 1.165) is 30.8 Å². The van der Waals surface area contributed by atoms with Gasteiger partial charge in [-0.1, -0.05) is 23.7 Å². The molecule has 0 aromatic heterocycles. The molecule has 0 atom stereocenters. The zero-order valence-corrected chi connectivity index (χ0v) is 11.7. The summed E-state index contributed by atoms with van der Waals surface area (Å²) in [6.07, 6.45) is 2.19. The lowest BCUT2D eigenvalue weighted by molar-refractivity contribution is 0.306. The van der Waals surface area contributed by atoms with Gasteiger partial charge in [0.15, 0.2) is 0 Å². The van der Waals surface area contributed by atoms with E-state index in [9.17, 15) is 4.39 Å². The van der Waals surface area contributed by atoms with Gasteiger partial charge >= 0.3 is 0 Å². The van der Waals surface area contributed by atoms with Crippen molar-refractivity contribution in [2.24, 2.45) is 0 Å². The zero-order chi connectivity index (χ0) is 13.9. The minimum absolute atomic E-state index is 0.259. The molecule has 0 unspecified atom stereocenters. The maximum atomic E-state index is 13.2. The molecule has 0 bridgehead atoms. The van der Waals surface area contributed by atoms with Crippen LogP contribution in [0.5, 0.6) is 5.75 Å². The fourth-order valence-electron chi connectivity index (χ4n) is 2.41. The smallest absolute Gasteiger partial charge is 0.143 e. The molecule has 2 aromatic rings. The molecular formula is C16H15ClFNO. The average Bonchev–Trinajstić information content (AvgIpc) is 2.48. The Hall–Kier alpha value is -1.74. The van der Waals surface area contributed by atoms with Gasteiger partial charge in [0.2, 0.25) is 0 Å². The van der Waals surface area contributed by atoms with E-state index >= 15 is 0 Å². The molecule has 104 valence electrons. The van der Waals surface area contributed by atoms with Crippen molar-refractivity contribution >= 4 is 17.3 Å². The molecule has 0 amide bonds. The predicted molar refractivity (Wildman–Crippen MR) is 79.0 cm³/mol. The predicted octanol–water partition coefficient (Wildman–Crippen LogP) is 4.42. The van der Waals surface area contributed by atoms with Crippen molar-refractivity contribution in [3.63, 3.8) is 0 Å². The molecule has 1 aliphatic rings. The average molecular weight is 292 g/mol. The SMILES string of the molecule is Fc1ccc(Cl)c(COc2cccc3c2NCCC3)c1. The van der Waals surface area contributed by atoms with Crippen molar-refractivity contribution in [2.75, 3.05) is 11.9 Å². The Balaban J connectivity index is 1.80. The minimum Gasteiger partial charge on any atom is -0.487 e. The van der Waals surface area contributed by atoms with Gasteiger partial charge in [0.25, 0.3) is 0 Å². The molecule has 3 rings (SSSR count). The minimum atomic E-state index is -0.304. The van der Waals surface area contributed by atoms with Gasteiger partial charge in [-0.25, -0.2) is 4.39 Å². The molecule has 0 fully saturated rings. The molecule has 0 spiro atoms. The number of anilines is 1. The second-order valence-corrected chi connectivity index (χ2v) is 5.25. The second-order valence-electron chi connectivity index (χ2n) is 4.85. The Bertz CT molecular complexity index is 630. The number of fused-ring (bicyclic) bond motifs is 1. The number of nitrogens with one attached hydrogen (secondary N) is 1. The summed E-state index contributed by atoms with van der Waals surface area (Å²) in [5.74, 6) is 0.490. The lowest BCUT2D eigenvalue weighted by Crippen LogP contribution is -2.13. The normalized spacial score (nSPS) is 13.5.